The van der Waals surface area contributed by atoms with Gasteiger partial charge >= 0.3 is 48.6 Å². The van der Waals surface area contributed by atoms with Gasteiger partial charge in [0.1, 0.15) is 18.2 Å². The summed E-state index contributed by atoms with van der Waals surface area (Å²) in [6, 6.07) is 31.5. The Morgan fingerprint density at radius 1 is 0.587 bits per heavy atom. The van der Waals surface area contributed by atoms with Crippen LogP contribution >= 0.6 is 0 Å². The van der Waals surface area contributed by atoms with Crippen LogP contribution in [0.15, 0.2) is 97.1 Å². The van der Waals surface area contributed by atoms with Gasteiger partial charge in [-0.05, 0) is 71.6 Å². The second-order valence-electron chi connectivity index (χ2n) is 16.0. The normalized spacial score (nSPS) is 15.4. The van der Waals surface area contributed by atoms with Gasteiger partial charge in [0, 0.05) is 89.2 Å². The Morgan fingerprint density at radius 2 is 1.07 bits per heavy atom. The largest absolute Gasteiger partial charge is 0.492 e. The van der Waals surface area contributed by atoms with Crippen molar-refractivity contribution in [2.24, 2.45) is 0 Å². The van der Waals surface area contributed by atoms with E-state index >= 15 is 4.39 Å². The van der Waals surface area contributed by atoms with Crippen LogP contribution < -0.4 is 15.4 Å². The van der Waals surface area contributed by atoms with E-state index in [4.69, 9.17) is 44.3 Å². The van der Waals surface area contributed by atoms with Crippen molar-refractivity contribution in [2.75, 3.05) is 59.0 Å². The quantitative estimate of drug-likeness (QED) is 0.0745. The highest BCUT2D eigenvalue weighted by Crippen LogP contribution is 2.26. The number of alkyl halides is 12. The van der Waals surface area contributed by atoms with E-state index in [0.717, 1.165) is 87.9 Å². The van der Waals surface area contributed by atoms with E-state index < -0.39 is 48.6 Å². The number of rotatable bonds is 12. The first kappa shape index (κ1) is 64.1. The lowest BCUT2D eigenvalue weighted by atomic mass is 10.00. The average Bonchev–Trinajstić information content (AvgIpc) is 3.32. The zero-order chi connectivity index (χ0) is 56.7. The Bertz CT molecular complexity index is 2360. The maximum absolute atomic E-state index is 15.0. The van der Waals surface area contributed by atoms with E-state index in [0.29, 0.717) is 30.3 Å². The van der Waals surface area contributed by atoms with Crippen molar-refractivity contribution in [1.29, 1.82) is 0 Å². The van der Waals surface area contributed by atoms with Gasteiger partial charge in [0.05, 0.1) is 0 Å². The zero-order valence-corrected chi connectivity index (χ0v) is 39.3. The molecule has 1 amide bonds. The molecule has 0 aliphatic carbocycles. The van der Waals surface area contributed by atoms with Crippen molar-refractivity contribution in [1.82, 2.24) is 25.3 Å². The number of hydrogen-bond donors (Lipinski definition) is 6. The van der Waals surface area contributed by atoms with Gasteiger partial charge in [0.15, 0.2) is 0 Å². The van der Waals surface area contributed by atoms with Crippen LogP contribution in [0.4, 0.5) is 57.1 Å². The molecule has 2 fully saturated rings. The first-order chi connectivity index (χ1) is 34.8. The Balaban J connectivity index is 0.000000560. The number of carbonyl (C=O) groups is 5. The smallest absolute Gasteiger partial charge is 0.490 e. The van der Waals surface area contributed by atoms with Gasteiger partial charge in [-0.15, -0.1) is 0 Å². The molecule has 6 rings (SSSR count). The molecular formula is C47H50F13N5O10. The molecule has 2 heterocycles. The number of nitrogens with one attached hydrogen (secondary N) is 2. The number of halogens is 13. The van der Waals surface area contributed by atoms with Crippen LogP contribution in [0, 0.1) is 5.82 Å². The number of hydrogen-bond acceptors (Lipinski definition) is 10. The van der Waals surface area contributed by atoms with Gasteiger partial charge < -0.3 is 35.8 Å². The predicted octanol–water partition coefficient (Wildman–Crippen LogP) is 7.95. The van der Waals surface area contributed by atoms with Crippen molar-refractivity contribution in [2.45, 2.75) is 57.3 Å². The standard InChI is InChI=1S/C39H46FN5O2.4C2HF3O2/c1-30-27-45(16-15-41-30)29-32-7-5-9-34(23-32)37-25-31(13-14-38(37)40)26-42-39(46)35-10-6-8-33(24-35)28-44-19-17-43(18-20-44)21-22-47-36-11-3-2-4-12-36;4*3-2(4,5)1(6)7/h2-14,23-25,30,41H,15-22,26-29H2,1H3,(H,42,46);4*(H,6,7)/t30-;;;;/m0..../s1. The number of benzene rings is 4. The fraction of sp³-hybridized carbons (Fsp3) is 0.383. The lowest BCUT2D eigenvalue weighted by molar-refractivity contribution is -0.193. The van der Waals surface area contributed by atoms with Crippen LogP contribution in [0.5, 0.6) is 5.75 Å². The van der Waals surface area contributed by atoms with Crippen molar-refractivity contribution >= 4 is 29.8 Å². The Labute approximate surface area is 419 Å². The van der Waals surface area contributed by atoms with E-state index in [1.807, 2.05) is 66.7 Å². The summed E-state index contributed by atoms with van der Waals surface area (Å²) in [6.07, 6.45) is -20.3. The van der Waals surface area contributed by atoms with Crippen LogP contribution in [-0.4, -0.2) is 155 Å². The molecule has 4 aromatic carbocycles. The maximum atomic E-state index is 15.0. The molecule has 0 spiro atoms. The number of carboxylic acid groups (broad SMARTS) is 4. The van der Waals surface area contributed by atoms with Crippen LogP contribution in [0.1, 0.15) is 34.0 Å². The van der Waals surface area contributed by atoms with Gasteiger partial charge in [0.2, 0.25) is 0 Å². The lowest BCUT2D eigenvalue weighted by Crippen LogP contribution is -2.48. The van der Waals surface area contributed by atoms with Crippen LogP contribution in [-0.2, 0) is 38.8 Å². The minimum atomic E-state index is -5.08. The second-order valence-corrected chi connectivity index (χ2v) is 16.0. The van der Waals surface area contributed by atoms with Crippen molar-refractivity contribution in [3.63, 3.8) is 0 Å². The van der Waals surface area contributed by atoms with E-state index in [1.54, 1.807) is 6.07 Å². The summed E-state index contributed by atoms with van der Waals surface area (Å²) in [4.78, 5) is 56.1. The molecule has 1 atom stereocenters. The highest BCUT2D eigenvalue weighted by atomic mass is 19.4. The minimum absolute atomic E-state index is 0.131. The summed E-state index contributed by atoms with van der Waals surface area (Å²) in [7, 11) is 0. The molecular weight excluding hydrogens is 1040 g/mol. The first-order valence-electron chi connectivity index (χ1n) is 21.8. The molecule has 2 aliphatic heterocycles. The molecule has 2 saturated heterocycles. The van der Waals surface area contributed by atoms with Crippen LogP contribution in [0.2, 0.25) is 0 Å². The fourth-order valence-corrected chi connectivity index (χ4v) is 6.49. The number of carboxylic acids is 4. The van der Waals surface area contributed by atoms with E-state index in [2.05, 4.69) is 50.5 Å². The van der Waals surface area contributed by atoms with Gasteiger partial charge in [-0.25, -0.2) is 23.6 Å². The number of amides is 1. The molecule has 4 aromatic rings. The maximum Gasteiger partial charge on any atom is 0.490 e. The molecule has 0 saturated carbocycles. The monoisotopic (exact) mass is 1090 g/mol. The van der Waals surface area contributed by atoms with Crippen molar-refractivity contribution in [3.8, 4) is 16.9 Å². The molecule has 28 heteroatoms. The minimum Gasteiger partial charge on any atom is -0.492 e. The number of piperazine rings is 2. The number of ether oxygens (including phenoxy) is 1. The van der Waals surface area contributed by atoms with Gasteiger partial charge in [-0.3, -0.25) is 19.5 Å². The summed E-state index contributed by atoms with van der Waals surface area (Å²) in [5.41, 5.74) is 5.20. The lowest BCUT2D eigenvalue weighted by Gasteiger charge is -2.34. The molecule has 6 N–H and O–H groups in total. The van der Waals surface area contributed by atoms with Crippen molar-refractivity contribution in [3.05, 3.63) is 125 Å². The molecule has 0 radical (unpaired) electrons. The number of nitrogens with zero attached hydrogens (tertiary/aromatic N) is 3. The topological polar surface area (TPSA) is 209 Å². The number of aliphatic carboxylic acids is 4. The van der Waals surface area contributed by atoms with Crippen molar-refractivity contribution < 1.29 is 106 Å². The Kier molecular flexibility index (Phi) is 25.4. The fourth-order valence-electron chi connectivity index (χ4n) is 6.49. The first-order valence-corrected chi connectivity index (χ1v) is 21.8. The van der Waals surface area contributed by atoms with E-state index in [1.165, 1.54) is 11.6 Å². The molecule has 15 nitrogen and oxygen atoms in total. The van der Waals surface area contributed by atoms with Crippen LogP contribution in [0.3, 0.4) is 0 Å². The van der Waals surface area contributed by atoms with Gasteiger partial charge in [0.25, 0.3) is 5.91 Å². The SMILES string of the molecule is C[C@H]1CN(Cc2cccc(-c3cc(CNC(=O)c4cccc(CN5CCN(CCOc6ccccc6)CC5)c4)ccc3F)c2)CCN1.O=C(O)C(F)(F)F.O=C(O)C(F)(F)F.O=C(O)C(F)(F)F.O=C(O)C(F)(F)F. The summed E-state index contributed by atoms with van der Waals surface area (Å²) >= 11 is 0. The summed E-state index contributed by atoms with van der Waals surface area (Å²) in [5, 5.41) is 35.0. The molecule has 414 valence electrons. The third kappa shape index (κ3) is 25.6. The second kappa shape index (κ2) is 29.7. The summed E-state index contributed by atoms with van der Waals surface area (Å²) < 4.78 is 148. The number of para-hydroxylation sites is 1. The summed E-state index contributed by atoms with van der Waals surface area (Å²) in [6.45, 7) is 12.7. The number of carbonyl (C=O) groups excluding carboxylic acids is 1. The summed E-state index contributed by atoms with van der Waals surface area (Å²) in [5.74, 6) is -10.5. The molecule has 0 aromatic heterocycles. The molecule has 75 heavy (non-hydrogen) atoms. The highest BCUT2D eigenvalue weighted by molar-refractivity contribution is 5.94. The molecule has 0 unspecified atom stereocenters. The molecule has 2 aliphatic rings. The highest BCUT2D eigenvalue weighted by Gasteiger charge is 2.40. The van der Waals surface area contributed by atoms with Crippen LogP contribution in [0.25, 0.3) is 11.1 Å². The van der Waals surface area contributed by atoms with Gasteiger partial charge in [-0.1, -0.05) is 54.6 Å². The van der Waals surface area contributed by atoms with E-state index in [9.17, 15) is 57.5 Å². The molecule has 0 bridgehead atoms. The Hall–Kier alpha value is -7.04. The van der Waals surface area contributed by atoms with E-state index in [-0.39, 0.29) is 11.7 Å². The van der Waals surface area contributed by atoms with Gasteiger partial charge in [-0.2, -0.15) is 52.7 Å². The third-order valence-electron chi connectivity index (χ3n) is 10.0. The zero-order valence-electron chi connectivity index (χ0n) is 39.3. The average molecular weight is 1090 g/mol. The third-order valence-corrected chi connectivity index (χ3v) is 10.0. The Morgan fingerprint density at radius 3 is 1.57 bits per heavy atom. The predicted molar refractivity (Wildman–Crippen MR) is 241 cm³/mol.